The van der Waals surface area contributed by atoms with E-state index in [4.69, 9.17) is 4.74 Å². The number of esters is 1. The number of carbonyl (C=O) groups excluding carboxylic acids is 3. The number of aliphatic hydroxyl groups is 1. The number of aliphatic hydroxyl groups excluding tert-OH is 1. The summed E-state index contributed by atoms with van der Waals surface area (Å²) in [5, 5.41) is 10.4. The summed E-state index contributed by atoms with van der Waals surface area (Å²) in [6.45, 7) is 6.19. The predicted octanol–water partition coefficient (Wildman–Crippen LogP) is 3.45. The lowest BCUT2D eigenvalue weighted by Gasteiger charge is -2.38. The highest BCUT2D eigenvalue weighted by molar-refractivity contribution is 8.02. The molecular formula is C33H37N3O5S. The van der Waals surface area contributed by atoms with Crippen LogP contribution in [0.3, 0.4) is 0 Å². The van der Waals surface area contributed by atoms with Gasteiger partial charge in [-0.2, -0.15) is 0 Å². The second kappa shape index (κ2) is 11.6. The van der Waals surface area contributed by atoms with Crippen LogP contribution in [-0.4, -0.2) is 82.7 Å². The van der Waals surface area contributed by atoms with Crippen LogP contribution in [0.5, 0.6) is 0 Å². The molecule has 0 radical (unpaired) electrons. The summed E-state index contributed by atoms with van der Waals surface area (Å²) >= 11 is 1.51. The Morgan fingerprint density at radius 2 is 1.76 bits per heavy atom. The quantitative estimate of drug-likeness (QED) is 0.374. The molecule has 8 nitrogen and oxygen atoms in total. The van der Waals surface area contributed by atoms with Gasteiger partial charge in [-0.05, 0) is 50.1 Å². The number of likely N-dealkylation sites (tertiary alicyclic amines) is 1. The lowest BCUT2D eigenvalue weighted by molar-refractivity contribution is -0.152. The maximum absolute atomic E-state index is 14.7. The van der Waals surface area contributed by atoms with Gasteiger partial charge in [-0.3, -0.25) is 14.4 Å². The molecule has 0 saturated carbocycles. The number of hydrogen-bond donors (Lipinski definition) is 1. The number of carbonyl (C=O) groups is 3. The van der Waals surface area contributed by atoms with Crippen molar-refractivity contribution in [3.8, 4) is 0 Å². The number of benzene rings is 2. The standard InChI is InChI=1S/C33H37N3O5S/c1-3-34(4-2)23-13-15-24(16-14-23)35-18-9-17-33-28(27-26(42-33)12-8-19-41-32(27)40)30(38)36(29(33)31(35)39)25(21-37)20-22-10-6-5-7-11-22/h5-17,25-29,37H,3-4,18-21H2,1-2H3/t25-,26-,27+,28+,29?,33+/m1/s1. The van der Waals surface area contributed by atoms with Crippen LogP contribution in [0, 0.1) is 11.8 Å². The molecule has 2 aromatic rings. The summed E-state index contributed by atoms with van der Waals surface area (Å²) in [6.07, 6.45) is 8.10. The van der Waals surface area contributed by atoms with Crippen molar-refractivity contribution in [1.29, 1.82) is 0 Å². The van der Waals surface area contributed by atoms with Crippen molar-refractivity contribution < 1.29 is 24.2 Å². The molecule has 0 aromatic heterocycles. The Bertz CT molecular complexity index is 1390. The van der Waals surface area contributed by atoms with E-state index in [1.165, 1.54) is 11.8 Å². The van der Waals surface area contributed by atoms with E-state index in [0.717, 1.165) is 30.0 Å². The third-order valence-electron chi connectivity index (χ3n) is 9.06. The number of anilines is 2. The Balaban J connectivity index is 1.43. The summed E-state index contributed by atoms with van der Waals surface area (Å²) in [4.78, 5) is 48.1. The fraction of sp³-hybridized carbons (Fsp3) is 0.424. The van der Waals surface area contributed by atoms with Gasteiger partial charge in [-0.15, -0.1) is 11.8 Å². The van der Waals surface area contributed by atoms with E-state index in [2.05, 4.69) is 18.7 Å². The van der Waals surface area contributed by atoms with E-state index in [0.29, 0.717) is 13.0 Å². The van der Waals surface area contributed by atoms with Gasteiger partial charge in [-0.25, -0.2) is 0 Å². The zero-order valence-corrected chi connectivity index (χ0v) is 24.8. The molecule has 1 N–H and O–H groups in total. The molecular weight excluding hydrogens is 550 g/mol. The zero-order valence-electron chi connectivity index (χ0n) is 24.0. The molecule has 4 heterocycles. The van der Waals surface area contributed by atoms with E-state index in [9.17, 15) is 19.5 Å². The Kier molecular flexibility index (Phi) is 7.89. The van der Waals surface area contributed by atoms with Gasteiger partial charge < -0.3 is 24.5 Å². The van der Waals surface area contributed by atoms with Crippen molar-refractivity contribution in [2.45, 2.75) is 42.3 Å². The summed E-state index contributed by atoms with van der Waals surface area (Å²) in [6, 6.07) is 16.1. The first-order chi connectivity index (χ1) is 20.4. The molecule has 1 unspecified atom stereocenters. The zero-order chi connectivity index (χ0) is 29.4. The fourth-order valence-corrected chi connectivity index (χ4v) is 9.09. The number of cyclic esters (lactones) is 1. The first-order valence-corrected chi connectivity index (χ1v) is 15.6. The first kappa shape index (κ1) is 28.6. The molecule has 0 bridgehead atoms. The lowest BCUT2D eigenvalue weighted by atomic mass is 9.78. The van der Waals surface area contributed by atoms with Crippen molar-refractivity contribution in [2.75, 3.05) is 42.6 Å². The molecule has 0 aliphatic carbocycles. The number of fused-ring (bicyclic) bond motifs is 2. The minimum absolute atomic E-state index is 0.173. The molecule has 9 heteroatoms. The van der Waals surface area contributed by atoms with Crippen molar-refractivity contribution in [1.82, 2.24) is 4.90 Å². The summed E-state index contributed by atoms with van der Waals surface area (Å²) in [5.41, 5.74) is 2.78. The second-order valence-corrected chi connectivity index (χ2v) is 12.7. The van der Waals surface area contributed by atoms with Gasteiger partial charge in [0.25, 0.3) is 5.91 Å². The Labute approximate surface area is 251 Å². The molecule has 4 aliphatic rings. The normalized spacial score (nSPS) is 29.0. The topological polar surface area (TPSA) is 90.4 Å². The molecule has 6 atom stereocenters. The third kappa shape index (κ3) is 4.63. The van der Waals surface area contributed by atoms with Gasteiger partial charge in [0.15, 0.2) is 0 Å². The minimum atomic E-state index is -0.968. The molecule has 6 rings (SSSR count). The highest BCUT2D eigenvalue weighted by atomic mass is 32.2. The average Bonchev–Trinajstić information content (AvgIpc) is 3.31. The number of nitrogens with zero attached hydrogens (tertiary/aromatic N) is 3. The highest BCUT2D eigenvalue weighted by Crippen LogP contribution is 2.61. The Hall–Kier alpha value is -3.56. The summed E-state index contributed by atoms with van der Waals surface area (Å²) < 4.78 is 4.51. The van der Waals surface area contributed by atoms with Crippen LogP contribution in [0.4, 0.5) is 11.4 Å². The molecule has 2 aromatic carbocycles. The Morgan fingerprint density at radius 1 is 1.02 bits per heavy atom. The molecule has 1 spiro atoms. The van der Waals surface area contributed by atoms with Crippen LogP contribution in [0.1, 0.15) is 19.4 Å². The van der Waals surface area contributed by atoms with Crippen LogP contribution in [-0.2, 0) is 25.5 Å². The van der Waals surface area contributed by atoms with E-state index < -0.39 is 34.6 Å². The number of hydrogen-bond acceptors (Lipinski definition) is 7. The van der Waals surface area contributed by atoms with Crippen LogP contribution < -0.4 is 9.80 Å². The molecule has 2 fully saturated rings. The summed E-state index contributed by atoms with van der Waals surface area (Å²) in [7, 11) is 0. The molecule has 220 valence electrons. The van der Waals surface area contributed by atoms with Crippen molar-refractivity contribution in [2.24, 2.45) is 11.8 Å². The van der Waals surface area contributed by atoms with E-state index in [1.54, 1.807) is 9.80 Å². The monoisotopic (exact) mass is 587 g/mol. The third-order valence-corrected chi connectivity index (χ3v) is 10.8. The van der Waals surface area contributed by atoms with Crippen LogP contribution in [0.25, 0.3) is 0 Å². The molecule has 2 amide bonds. The molecule has 4 aliphatic heterocycles. The largest absolute Gasteiger partial charge is 0.461 e. The molecule has 2 saturated heterocycles. The lowest BCUT2D eigenvalue weighted by Crippen LogP contribution is -2.57. The van der Waals surface area contributed by atoms with Gasteiger partial charge in [0, 0.05) is 36.3 Å². The number of thioether (sulfide) groups is 1. The van der Waals surface area contributed by atoms with Gasteiger partial charge in [0.05, 0.1) is 29.2 Å². The highest BCUT2D eigenvalue weighted by Gasteiger charge is 2.71. The van der Waals surface area contributed by atoms with Gasteiger partial charge >= 0.3 is 5.97 Å². The number of ether oxygens (including phenoxy) is 1. The van der Waals surface area contributed by atoms with E-state index in [1.807, 2.05) is 78.9 Å². The van der Waals surface area contributed by atoms with E-state index >= 15 is 0 Å². The van der Waals surface area contributed by atoms with Crippen molar-refractivity contribution in [3.63, 3.8) is 0 Å². The van der Waals surface area contributed by atoms with Crippen LogP contribution >= 0.6 is 11.8 Å². The van der Waals surface area contributed by atoms with Crippen LogP contribution in [0.15, 0.2) is 78.9 Å². The minimum Gasteiger partial charge on any atom is -0.461 e. The molecule has 42 heavy (non-hydrogen) atoms. The maximum atomic E-state index is 14.7. The number of amides is 2. The second-order valence-electron chi connectivity index (χ2n) is 11.2. The first-order valence-electron chi connectivity index (χ1n) is 14.8. The van der Waals surface area contributed by atoms with Gasteiger partial charge in [0.1, 0.15) is 12.6 Å². The van der Waals surface area contributed by atoms with Crippen molar-refractivity contribution in [3.05, 3.63) is 84.5 Å². The number of rotatable bonds is 8. The maximum Gasteiger partial charge on any atom is 0.311 e. The predicted molar refractivity (Wildman–Crippen MR) is 164 cm³/mol. The average molecular weight is 588 g/mol. The van der Waals surface area contributed by atoms with Crippen LogP contribution in [0.2, 0.25) is 0 Å². The van der Waals surface area contributed by atoms with E-state index in [-0.39, 0.29) is 30.3 Å². The van der Waals surface area contributed by atoms with Gasteiger partial charge in [0.2, 0.25) is 5.91 Å². The van der Waals surface area contributed by atoms with Gasteiger partial charge in [-0.1, -0.05) is 54.6 Å². The smallest absolute Gasteiger partial charge is 0.311 e. The fourth-order valence-electron chi connectivity index (χ4n) is 7.10. The van der Waals surface area contributed by atoms with Crippen molar-refractivity contribution >= 4 is 40.9 Å². The SMILES string of the molecule is CCN(CC)c1ccc(N2CC=C[C@]34S[C@@H]5C=CCOC(=O)[C@@H]5[C@H]3C(=O)N([C@@H](CO)Cc3ccccc3)C4C2=O)cc1. The Morgan fingerprint density at radius 3 is 2.45 bits per heavy atom. The summed E-state index contributed by atoms with van der Waals surface area (Å²) in [5.74, 6) is -2.38.